The van der Waals surface area contributed by atoms with Crippen molar-refractivity contribution in [2.24, 2.45) is 0 Å². The van der Waals surface area contributed by atoms with Crippen LogP contribution in [0.15, 0.2) is 35.8 Å². The van der Waals surface area contributed by atoms with Crippen LogP contribution in [0.4, 0.5) is 0 Å². The Bertz CT molecular complexity index is 425. The van der Waals surface area contributed by atoms with Gasteiger partial charge in [0.2, 0.25) is 0 Å². The summed E-state index contributed by atoms with van der Waals surface area (Å²) in [6, 6.07) is 8.22. The van der Waals surface area contributed by atoms with Gasteiger partial charge in [0.05, 0.1) is 0 Å². The van der Waals surface area contributed by atoms with E-state index in [1.165, 1.54) is 5.56 Å². The van der Waals surface area contributed by atoms with Crippen molar-refractivity contribution in [1.82, 2.24) is 10.3 Å². The largest absolute Gasteiger partial charge is 0.304 e. The van der Waals surface area contributed by atoms with E-state index < -0.39 is 0 Å². The van der Waals surface area contributed by atoms with Gasteiger partial charge >= 0.3 is 0 Å². The van der Waals surface area contributed by atoms with E-state index in [0.29, 0.717) is 6.04 Å². The zero-order valence-electron chi connectivity index (χ0n) is 8.98. The molecule has 0 saturated heterocycles. The first-order valence-corrected chi connectivity index (χ1v) is 6.38. The molecule has 4 heteroatoms. The molecule has 2 rings (SSSR count). The first-order valence-electron chi connectivity index (χ1n) is 5.13. The van der Waals surface area contributed by atoms with Crippen LogP contribution in [0, 0.1) is 0 Å². The maximum absolute atomic E-state index is 5.85. The van der Waals surface area contributed by atoms with Crippen LogP contribution in [0.1, 0.15) is 23.5 Å². The summed E-state index contributed by atoms with van der Waals surface area (Å²) >= 11 is 7.51. The van der Waals surface area contributed by atoms with Gasteiger partial charge in [-0.3, -0.25) is 0 Å². The zero-order chi connectivity index (χ0) is 11.4. The number of hydrogen-bond acceptors (Lipinski definition) is 3. The molecule has 1 aromatic carbocycles. The minimum atomic E-state index is 0.307. The maximum Gasteiger partial charge on any atom is 0.106 e. The van der Waals surface area contributed by atoms with Gasteiger partial charge in [-0.15, -0.1) is 11.3 Å². The highest BCUT2D eigenvalue weighted by Crippen LogP contribution is 2.16. The van der Waals surface area contributed by atoms with Crippen LogP contribution in [-0.4, -0.2) is 4.98 Å². The highest BCUT2D eigenvalue weighted by Gasteiger charge is 2.05. The molecule has 2 nitrogen and oxygen atoms in total. The van der Waals surface area contributed by atoms with Crippen LogP contribution in [0.25, 0.3) is 0 Å². The third-order valence-electron chi connectivity index (χ3n) is 2.41. The molecule has 0 radical (unpaired) electrons. The van der Waals surface area contributed by atoms with E-state index >= 15 is 0 Å². The number of nitrogens with zero attached hydrogens (tertiary/aromatic N) is 1. The Morgan fingerprint density at radius 3 is 2.75 bits per heavy atom. The Labute approximate surface area is 104 Å². The minimum absolute atomic E-state index is 0.307. The molecule has 2 aromatic rings. The summed E-state index contributed by atoms with van der Waals surface area (Å²) in [4.78, 5) is 4.23. The fourth-order valence-corrected chi connectivity index (χ4v) is 2.14. The number of benzene rings is 1. The van der Waals surface area contributed by atoms with Crippen molar-refractivity contribution in [3.8, 4) is 0 Å². The number of nitrogens with one attached hydrogen (secondary N) is 1. The Morgan fingerprint density at radius 1 is 1.38 bits per heavy atom. The third-order valence-corrected chi connectivity index (χ3v) is 3.44. The van der Waals surface area contributed by atoms with Crippen LogP contribution in [0.5, 0.6) is 0 Å². The van der Waals surface area contributed by atoms with Crippen molar-refractivity contribution in [1.29, 1.82) is 0 Å². The summed E-state index contributed by atoms with van der Waals surface area (Å²) in [7, 11) is 0. The van der Waals surface area contributed by atoms with E-state index in [0.717, 1.165) is 16.6 Å². The maximum atomic E-state index is 5.85. The van der Waals surface area contributed by atoms with Gasteiger partial charge in [-0.1, -0.05) is 23.7 Å². The van der Waals surface area contributed by atoms with E-state index in [-0.39, 0.29) is 0 Å². The summed E-state index contributed by atoms with van der Waals surface area (Å²) in [5.74, 6) is 0. The Kier molecular flexibility index (Phi) is 3.93. The molecule has 0 unspecified atom stereocenters. The average molecular weight is 253 g/mol. The fraction of sp³-hybridized carbons (Fsp3) is 0.250. The molecule has 0 aliphatic carbocycles. The Balaban J connectivity index is 1.93. The van der Waals surface area contributed by atoms with Crippen LogP contribution in [0.3, 0.4) is 0 Å². The number of aromatic nitrogens is 1. The van der Waals surface area contributed by atoms with Gasteiger partial charge in [-0.2, -0.15) is 0 Å². The SMILES string of the molecule is C[C@@H](NCc1nccs1)c1ccc(Cl)cc1. The number of thiazole rings is 1. The fourth-order valence-electron chi connectivity index (χ4n) is 1.45. The molecule has 0 aliphatic rings. The lowest BCUT2D eigenvalue weighted by Gasteiger charge is -2.13. The van der Waals surface area contributed by atoms with E-state index in [9.17, 15) is 0 Å². The van der Waals surface area contributed by atoms with Gasteiger partial charge in [0, 0.05) is 29.2 Å². The molecule has 1 N–H and O–H groups in total. The van der Waals surface area contributed by atoms with Gasteiger partial charge in [0.15, 0.2) is 0 Å². The molecule has 0 bridgehead atoms. The van der Waals surface area contributed by atoms with Gasteiger partial charge in [-0.25, -0.2) is 4.98 Å². The lowest BCUT2D eigenvalue weighted by Crippen LogP contribution is -2.17. The molecule has 0 aliphatic heterocycles. The second-order valence-electron chi connectivity index (χ2n) is 3.58. The van der Waals surface area contributed by atoms with Gasteiger partial charge in [0.25, 0.3) is 0 Å². The van der Waals surface area contributed by atoms with Gasteiger partial charge in [-0.05, 0) is 24.6 Å². The van der Waals surface area contributed by atoms with Gasteiger partial charge in [0.1, 0.15) is 5.01 Å². The van der Waals surface area contributed by atoms with Crippen LogP contribution in [0.2, 0.25) is 5.02 Å². The van der Waals surface area contributed by atoms with Crippen molar-refractivity contribution < 1.29 is 0 Å². The van der Waals surface area contributed by atoms with Crippen molar-refractivity contribution >= 4 is 22.9 Å². The zero-order valence-corrected chi connectivity index (χ0v) is 10.6. The molecule has 1 heterocycles. The third kappa shape index (κ3) is 3.04. The highest BCUT2D eigenvalue weighted by molar-refractivity contribution is 7.09. The molecule has 1 aromatic heterocycles. The molecule has 0 spiro atoms. The second kappa shape index (κ2) is 5.43. The normalized spacial score (nSPS) is 12.6. The van der Waals surface area contributed by atoms with Crippen molar-refractivity contribution in [3.63, 3.8) is 0 Å². The van der Waals surface area contributed by atoms with Crippen molar-refractivity contribution in [2.75, 3.05) is 0 Å². The molecular weight excluding hydrogens is 240 g/mol. The van der Waals surface area contributed by atoms with E-state index in [2.05, 4.69) is 17.2 Å². The standard InChI is InChI=1S/C12H13ClN2S/c1-9(10-2-4-11(13)5-3-10)15-8-12-14-6-7-16-12/h2-7,9,15H,8H2,1H3/t9-/m1/s1. The summed E-state index contributed by atoms with van der Waals surface area (Å²) in [6.45, 7) is 2.94. The molecule has 0 amide bonds. The highest BCUT2D eigenvalue weighted by atomic mass is 35.5. The van der Waals surface area contributed by atoms with Crippen molar-refractivity contribution in [2.45, 2.75) is 19.5 Å². The first-order chi connectivity index (χ1) is 7.75. The average Bonchev–Trinajstić information content (AvgIpc) is 2.80. The molecular formula is C12H13ClN2S. The lowest BCUT2D eigenvalue weighted by atomic mass is 10.1. The smallest absolute Gasteiger partial charge is 0.106 e. The quantitative estimate of drug-likeness (QED) is 0.899. The number of halogens is 1. The van der Waals surface area contributed by atoms with E-state index in [1.54, 1.807) is 11.3 Å². The monoisotopic (exact) mass is 252 g/mol. The summed E-state index contributed by atoms with van der Waals surface area (Å²) < 4.78 is 0. The van der Waals surface area contributed by atoms with Crippen LogP contribution < -0.4 is 5.32 Å². The topological polar surface area (TPSA) is 24.9 Å². The number of rotatable bonds is 4. The Hall–Kier alpha value is -0.900. The van der Waals surface area contributed by atoms with Crippen molar-refractivity contribution in [3.05, 3.63) is 51.4 Å². The van der Waals surface area contributed by atoms with E-state index in [1.807, 2.05) is 35.8 Å². The number of hydrogen-bond donors (Lipinski definition) is 1. The van der Waals surface area contributed by atoms with Crippen LogP contribution >= 0.6 is 22.9 Å². The first kappa shape index (κ1) is 11.6. The molecule has 0 fully saturated rings. The molecule has 84 valence electrons. The minimum Gasteiger partial charge on any atom is -0.304 e. The summed E-state index contributed by atoms with van der Waals surface area (Å²) in [6.07, 6.45) is 1.83. The predicted molar refractivity (Wildman–Crippen MR) is 68.8 cm³/mol. The lowest BCUT2D eigenvalue weighted by molar-refractivity contribution is 0.573. The molecule has 16 heavy (non-hydrogen) atoms. The Morgan fingerprint density at radius 2 is 2.12 bits per heavy atom. The van der Waals surface area contributed by atoms with Gasteiger partial charge < -0.3 is 5.32 Å². The summed E-state index contributed by atoms with van der Waals surface area (Å²) in [5.41, 5.74) is 1.24. The second-order valence-corrected chi connectivity index (χ2v) is 5.00. The van der Waals surface area contributed by atoms with Crippen LogP contribution in [-0.2, 0) is 6.54 Å². The molecule has 0 saturated carbocycles. The predicted octanol–water partition coefficient (Wildman–Crippen LogP) is 3.65. The molecule has 1 atom stereocenters. The van der Waals surface area contributed by atoms with E-state index in [4.69, 9.17) is 11.6 Å². The summed E-state index contributed by atoms with van der Waals surface area (Å²) in [5, 5.41) is 7.30.